The predicted molar refractivity (Wildman–Crippen MR) is 274 cm³/mol. The van der Waals surface area contributed by atoms with Gasteiger partial charge in [0.25, 0.3) is 0 Å². The second kappa shape index (κ2) is 15.3. The van der Waals surface area contributed by atoms with Crippen molar-refractivity contribution >= 4 is 98.7 Å². The minimum absolute atomic E-state index is 0.0170. The van der Waals surface area contributed by atoms with Gasteiger partial charge in [-0.15, -0.1) is 0 Å². The highest BCUT2D eigenvalue weighted by Gasteiger charge is 2.31. The summed E-state index contributed by atoms with van der Waals surface area (Å²) >= 11 is 0. The zero-order chi connectivity index (χ0) is 44.5. The van der Waals surface area contributed by atoms with Gasteiger partial charge in [-0.2, -0.15) is 5.26 Å². The van der Waals surface area contributed by atoms with Gasteiger partial charge in [-0.25, -0.2) is 4.85 Å². The number of nitriles is 1. The maximum absolute atomic E-state index is 9.82. The van der Waals surface area contributed by atoms with Crippen LogP contribution >= 0.6 is 0 Å². The molecule has 0 bridgehead atoms. The van der Waals surface area contributed by atoms with Crippen LogP contribution in [-0.4, -0.2) is 16.1 Å². The largest absolute Gasteiger partial charge is 0.310 e. The summed E-state index contributed by atoms with van der Waals surface area (Å²) in [7, 11) is -3.94. The number of hydrogen-bond acceptors (Lipinski definition) is 3. The Morgan fingerprint density at radius 2 is 0.790 bits per heavy atom. The molecule has 8 aromatic carbocycles. The van der Waals surface area contributed by atoms with Gasteiger partial charge in [-0.3, -0.25) is 0 Å². The van der Waals surface area contributed by atoms with Gasteiger partial charge >= 0.3 is 0 Å². The summed E-state index contributed by atoms with van der Waals surface area (Å²) in [4.78, 5) is 8.57. The summed E-state index contributed by atoms with van der Waals surface area (Å²) in [6.45, 7) is 36.1. The Hall–Kier alpha value is -6.19. The lowest BCUT2D eigenvalue weighted by Crippen LogP contribution is -2.39. The average Bonchev–Trinajstić information content (AvgIpc) is 3.23. The van der Waals surface area contributed by atoms with Crippen molar-refractivity contribution in [3.8, 4) is 6.07 Å². The monoisotopic (exact) mass is 842 g/mol. The third-order valence-electron chi connectivity index (χ3n) is 12.4. The fourth-order valence-corrected chi connectivity index (χ4v) is 12.2. The summed E-state index contributed by atoms with van der Waals surface area (Å²) in [5, 5.41) is 20.3. The Kier molecular flexibility index (Phi) is 10.5. The van der Waals surface area contributed by atoms with E-state index >= 15 is 0 Å². The molecule has 0 aliphatic rings. The van der Waals surface area contributed by atoms with E-state index in [1.807, 2.05) is 24.3 Å². The SMILES string of the molecule is [C-]#[N+]c1ccc(N(c2ccc(C(C)(C)C)cc2)c2cc([Si](C)(C)C)c3ccc4c(N(c5ccc(C#N)cc5)c5ccc(C(C)(C)C)cc5)cc([Si](C)(C)C)c5ccc2c3c45)cc1. The molecular formula is C56H58N4Si2. The van der Waals surface area contributed by atoms with Crippen LogP contribution in [-0.2, 0) is 10.8 Å². The van der Waals surface area contributed by atoms with E-state index in [9.17, 15) is 5.26 Å². The highest BCUT2D eigenvalue weighted by Crippen LogP contribution is 2.48. The Bertz CT molecular complexity index is 2820. The Balaban J connectivity index is 1.51. The molecule has 0 aliphatic heterocycles. The van der Waals surface area contributed by atoms with Crippen molar-refractivity contribution in [1.29, 1.82) is 5.26 Å². The number of rotatable bonds is 8. The van der Waals surface area contributed by atoms with E-state index in [4.69, 9.17) is 6.57 Å². The van der Waals surface area contributed by atoms with Crippen LogP contribution in [0.2, 0.25) is 39.3 Å². The first-order valence-electron chi connectivity index (χ1n) is 21.8. The topological polar surface area (TPSA) is 34.6 Å². The summed E-state index contributed by atoms with van der Waals surface area (Å²) < 4.78 is 0. The van der Waals surface area contributed by atoms with Crippen LogP contribution in [0, 0.1) is 17.9 Å². The number of benzene rings is 8. The van der Waals surface area contributed by atoms with Crippen molar-refractivity contribution in [3.05, 3.63) is 162 Å². The van der Waals surface area contributed by atoms with Crippen molar-refractivity contribution in [3.63, 3.8) is 0 Å². The molecule has 6 heteroatoms. The van der Waals surface area contributed by atoms with E-state index in [1.165, 1.54) is 53.8 Å². The van der Waals surface area contributed by atoms with E-state index in [2.05, 4.69) is 211 Å². The molecule has 0 amide bonds. The molecule has 0 radical (unpaired) electrons. The van der Waals surface area contributed by atoms with Crippen LogP contribution in [0.5, 0.6) is 0 Å². The smallest absolute Gasteiger partial charge is 0.187 e. The molecule has 0 N–H and O–H groups in total. The molecule has 0 spiro atoms. The van der Waals surface area contributed by atoms with Gasteiger partial charge < -0.3 is 9.80 Å². The third kappa shape index (κ3) is 7.68. The summed E-state index contributed by atoms with van der Waals surface area (Å²) in [6, 6.07) is 51.1. The van der Waals surface area contributed by atoms with Gasteiger partial charge in [0.15, 0.2) is 5.69 Å². The van der Waals surface area contributed by atoms with Gasteiger partial charge in [-0.05, 0) is 116 Å². The molecular weight excluding hydrogens is 785 g/mol. The molecule has 0 aromatic heterocycles. The normalized spacial score (nSPS) is 12.5. The molecule has 0 fully saturated rings. The Labute approximate surface area is 371 Å². The fourth-order valence-electron chi connectivity index (χ4n) is 9.00. The van der Waals surface area contributed by atoms with Crippen LogP contribution in [0.15, 0.2) is 133 Å². The first-order chi connectivity index (χ1) is 29.2. The molecule has 0 saturated carbocycles. The molecule has 8 aromatic rings. The van der Waals surface area contributed by atoms with Crippen molar-refractivity contribution in [2.24, 2.45) is 0 Å². The first kappa shape index (κ1) is 42.5. The highest BCUT2D eigenvalue weighted by molar-refractivity contribution is 6.91. The van der Waals surface area contributed by atoms with E-state index in [0.29, 0.717) is 11.3 Å². The second-order valence-corrected chi connectivity index (χ2v) is 31.1. The van der Waals surface area contributed by atoms with Crippen molar-refractivity contribution in [1.82, 2.24) is 0 Å². The fraction of sp³-hybridized carbons (Fsp3) is 0.250. The lowest BCUT2D eigenvalue weighted by Gasteiger charge is -2.33. The maximum atomic E-state index is 9.82. The van der Waals surface area contributed by atoms with E-state index < -0.39 is 16.1 Å². The molecule has 0 unspecified atom stereocenters. The summed E-state index contributed by atoms with van der Waals surface area (Å²) in [6.07, 6.45) is 0. The molecule has 310 valence electrons. The van der Waals surface area contributed by atoms with Crippen molar-refractivity contribution < 1.29 is 0 Å². The molecule has 8 rings (SSSR count). The van der Waals surface area contributed by atoms with E-state index in [0.717, 1.165) is 34.1 Å². The van der Waals surface area contributed by atoms with E-state index in [1.54, 1.807) is 0 Å². The van der Waals surface area contributed by atoms with Crippen LogP contribution in [0.4, 0.5) is 39.8 Å². The summed E-state index contributed by atoms with van der Waals surface area (Å²) in [5.74, 6) is 0. The minimum atomic E-state index is -1.97. The first-order valence-corrected chi connectivity index (χ1v) is 28.8. The Morgan fingerprint density at radius 3 is 1.10 bits per heavy atom. The zero-order valence-electron chi connectivity index (χ0n) is 38.5. The van der Waals surface area contributed by atoms with Gasteiger partial charge in [0.1, 0.15) is 0 Å². The lowest BCUT2D eigenvalue weighted by molar-refractivity contribution is 0.590. The minimum Gasteiger partial charge on any atom is -0.310 e. The zero-order valence-corrected chi connectivity index (χ0v) is 40.5. The van der Waals surface area contributed by atoms with Crippen LogP contribution in [0.25, 0.3) is 37.2 Å². The maximum Gasteiger partial charge on any atom is 0.187 e. The van der Waals surface area contributed by atoms with Gasteiger partial charge in [0.2, 0.25) is 0 Å². The predicted octanol–water partition coefficient (Wildman–Crippen LogP) is 15.6. The third-order valence-corrected chi connectivity index (χ3v) is 16.5. The molecule has 0 aliphatic carbocycles. The van der Waals surface area contributed by atoms with E-state index in [-0.39, 0.29) is 10.8 Å². The molecule has 0 heterocycles. The van der Waals surface area contributed by atoms with Gasteiger partial charge in [0.05, 0.1) is 45.7 Å². The quantitative estimate of drug-likeness (QED) is 0.0868. The number of anilines is 6. The molecule has 4 nitrogen and oxygen atoms in total. The standard InChI is InChI=1S/C56H58N4Si2/c1-55(2,3)38-16-24-42(25-17-38)59(41-22-14-37(36-57)15-23-41)49-34-51(61(8,9)10)47-33-31-46-50(35-52(62(11,12)13)48-32-30-45(49)53(47)54(46)48)60(44-28-20-40(58-7)21-29-44)43-26-18-39(19-27-43)56(4,5)6/h14-35H,1-6,8-13H3. The van der Waals surface area contributed by atoms with Gasteiger partial charge in [-0.1, -0.05) is 152 Å². The highest BCUT2D eigenvalue weighted by atomic mass is 28.3. The second-order valence-electron chi connectivity index (χ2n) is 21.0. The molecule has 0 saturated heterocycles. The van der Waals surface area contributed by atoms with Crippen molar-refractivity contribution in [2.75, 3.05) is 9.80 Å². The molecule has 62 heavy (non-hydrogen) atoms. The van der Waals surface area contributed by atoms with Crippen LogP contribution in [0.3, 0.4) is 0 Å². The average molecular weight is 843 g/mol. The lowest BCUT2D eigenvalue weighted by atomic mass is 9.87. The Morgan fingerprint density at radius 1 is 0.468 bits per heavy atom. The molecule has 0 atom stereocenters. The van der Waals surface area contributed by atoms with Crippen LogP contribution in [0.1, 0.15) is 58.2 Å². The summed E-state index contributed by atoms with van der Waals surface area (Å²) in [5.41, 5.74) is 10.4. The van der Waals surface area contributed by atoms with Crippen LogP contribution < -0.4 is 20.2 Å². The van der Waals surface area contributed by atoms with Gasteiger partial charge in [0, 0.05) is 33.5 Å². The van der Waals surface area contributed by atoms with Crippen molar-refractivity contribution in [2.45, 2.75) is 91.7 Å². The number of hydrogen-bond donors (Lipinski definition) is 0. The number of nitrogens with zero attached hydrogens (tertiary/aromatic N) is 4.